The summed E-state index contributed by atoms with van der Waals surface area (Å²) in [5.74, 6) is -2.56. The molecule has 98 valence electrons. The predicted octanol–water partition coefficient (Wildman–Crippen LogP) is -0.946. The Morgan fingerprint density at radius 3 is 2.42 bits per heavy atom. The smallest absolute Gasteiger partial charge is 0.101 e. The van der Waals surface area contributed by atoms with Crippen LogP contribution in [0.3, 0.4) is 0 Å². The number of carbonyl (C=O) groups is 2. The molecule has 1 heterocycles. The molecule has 0 spiro atoms. The molecule has 0 atom stereocenters. The van der Waals surface area contributed by atoms with Crippen molar-refractivity contribution < 1.29 is 19.8 Å². The number of aromatic carboxylic acids is 1. The number of rotatable bonds is 5. The average molecular weight is 258 g/mol. The van der Waals surface area contributed by atoms with E-state index in [2.05, 4.69) is 5.10 Å². The molecular formula is C13H10N2O4-2. The second-order valence-electron chi connectivity index (χ2n) is 3.93. The van der Waals surface area contributed by atoms with E-state index in [1.165, 1.54) is 10.9 Å². The molecule has 1 aromatic heterocycles. The lowest BCUT2D eigenvalue weighted by Gasteiger charge is -2.02. The van der Waals surface area contributed by atoms with E-state index >= 15 is 0 Å². The lowest BCUT2D eigenvalue weighted by molar-refractivity contribution is -0.306. The number of carboxylic acids is 2. The number of aliphatic carboxylic acids is 1. The van der Waals surface area contributed by atoms with Crippen LogP contribution < -0.4 is 10.2 Å². The molecule has 6 nitrogen and oxygen atoms in total. The number of hydrogen-bond acceptors (Lipinski definition) is 5. The van der Waals surface area contributed by atoms with Crippen molar-refractivity contribution in [3.05, 3.63) is 42.1 Å². The van der Waals surface area contributed by atoms with Crippen LogP contribution in [0.2, 0.25) is 0 Å². The van der Waals surface area contributed by atoms with E-state index in [0.717, 1.165) is 0 Å². The van der Waals surface area contributed by atoms with Crippen molar-refractivity contribution in [2.24, 2.45) is 0 Å². The van der Waals surface area contributed by atoms with E-state index in [4.69, 9.17) is 0 Å². The third kappa shape index (κ3) is 2.98. The van der Waals surface area contributed by atoms with Crippen LogP contribution in [0, 0.1) is 0 Å². The number of carboxylic acid groups (broad SMARTS) is 2. The number of aryl methyl sites for hydroxylation is 1. The quantitative estimate of drug-likeness (QED) is 0.688. The van der Waals surface area contributed by atoms with Gasteiger partial charge in [0.25, 0.3) is 0 Å². The van der Waals surface area contributed by atoms with Crippen molar-refractivity contribution in [2.45, 2.75) is 13.0 Å². The molecule has 0 radical (unpaired) electrons. The van der Waals surface area contributed by atoms with E-state index in [1.54, 1.807) is 30.3 Å². The fourth-order valence-corrected chi connectivity index (χ4v) is 1.70. The van der Waals surface area contributed by atoms with Crippen LogP contribution in [0.25, 0.3) is 11.3 Å². The maximum Gasteiger partial charge on any atom is 0.101 e. The molecule has 0 bridgehead atoms. The molecule has 0 fully saturated rings. The van der Waals surface area contributed by atoms with Crippen molar-refractivity contribution in [1.82, 2.24) is 9.78 Å². The number of aromatic nitrogens is 2. The molecule has 0 aliphatic rings. The maximum atomic E-state index is 11.1. The van der Waals surface area contributed by atoms with Crippen LogP contribution in [0.15, 0.2) is 36.5 Å². The van der Waals surface area contributed by atoms with Gasteiger partial charge in [-0.15, -0.1) is 0 Å². The first-order valence-electron chi connectivity index (χ1n) is 5.62. The Bertz CT molecular complexity index is 604. The number of nitrogens with zero attached hydrogens (tertiary/aromatic N) is 2. The number of carbonyl (C=O) groups excluding carboxylic acids is 2. The van der Waals surface area contributed by atoms with Crippen molar-refractivity contribution >= 4 is 11.9 Å². The summed E-state index contributed by atoms with van der Waals surface area (Å²) in [6.45, 7) is 0.0510. The zero-order chi connectivity index (χ0) is 13.8. The number of benzene rings is 1. The summed E-state index contributed by atoms with van der Waals surface area (Å²) in [6, 6.07) is 8.76. The topological polar surface area (TPSA) is 98.1 Å². The fraction of sp³-hybridized carbons (Fsp3) is 0.154. The summed E-state index contributed by atoms with van der Waals surface area (Å²) in [5, 5.41) is 25.5. The molecule has 19 heavy (non-hydrogen) atoms. The highest BCUT2D eigenvalue weighted by Crippen LogP contribution is 2.21. The Hall–Kier alpha value is -2.63. The molecule has 6 heteroatoms. The molecule has 0 unspecified atom stereocenters. The van der Waals surface area contributed by atoms with Crippen LogP contribution in [-0.2, 0) is 11.3 Å². The lowest BCUT2D eigenvalue weighted by atomic mass is 10.1. The van der Waals surface area contributed by atoms with Crippen LogP contribution in [-0.4, -0.2) is 21.7 Å². The van der Waals surface area contributed by atoms with Crippen LogP contribution in [0.1, 0.15) is 16.8 Å². The highest BCUT2D eigenvalue weighted by molar-refractivity contribution is 5.93. The summed E-state index contributed by atoms with van der Waals surface area (Å²) in [6.07, 6.45) is 1.03. The van der Waals surface area contributed by atoms with E-state index < -0.39 is 11.9 Å². The average Bonchev–Trinajstić information content (AvgIpc) is 2.82. The molecule has 1 aromatic carbocycles. The molecule has 0 saturated carbocycles. The number of hydrogen-bond donors (Lipinski definition) is 0. The first-order chi connectivity index (χ1) is 9.08. The van der Waals surface area contributed by atoms with Gasteiger partial charge in [-0.3, -0.25) is 4.68 Å². The van der Waals surface area contributed by atoms with Gasteiger partial charge in [-0.05, 0) is 0 Å². The second-order valence-corrected chi connectivity index (χ2v) is 3.93. The van der Waals surface area contributed by atoms with Gasteiger partial charge in [0.05, 0.1) is 5.97 Å². The Labute approximate surface area is 108 Å². The highest BCUT2D eigenvalue weighted by atomic mass is 16.4. The second kappa shape index (κ2) is 5.34. The summed E-state index contributed by atoms with van der Waals surface area (Å²) in [5.41, 5.74) is 0.831. The van der Waals surface area contributed by atoms with E-state index in [1.807, 2.05) is 0 Å². The van der Waals surface area contributed by atoms with E-state index in [9.17, 15) is 19.8 Å². The van der Waals surface area contributed by atoms with Crippen LogP contribution >= 0.6 is 0 Å². The summed E-state index contributed by atoms with van der Waals surface area (Å²) < 4.78 is 1.27. The van der Waals surface area contributed by atoms with Crippen molar-refractivity contribution in [1.29, 1.82) is 0 Å². The molecule has 0 aliphatic carbocycles. The summed E-state index contributed by atoms with van der Waals surface area (Å²) in [7, 11) is 0. The Kier molecular flexibility index (Phi) is 3.61. The molecule has 2 rings (SSSR count). The minimum atomic E-state index is -1.35. The molecule has 0 N–H and O–H groups in total. The zero-order valence-corrected chi connectivity index (χ0v) is 9.91. The molecule has 2 aromatic rings. The van der Waals surface area contributed by atoms with Gasteiger partial charge >= 0.3 is 0 Å². The predicted molar refractivity (Wildman–Crippen MR) is 61.6 cm³/mol. The Morgan fingerprint density at radius 2 is 1.84 bits per heavy atom. The fourth-order valence-electron chi connectivity index (χ4n) is 1.70. The summed E-state index contributed by atoms with van der Waals surface area (Å²) in [4.78, 5) is 21.4. The first kappa shape index (κ1) is 12.8. The van der Waals surface area contributed by atoms with Gasteiger partial charge < -0.3 is 19.8 Å². The van der Waals surface area contributed by atoms with Crippen molar-refractivity contribution in [3.8, 4) is 11.3 Å². The van der Waals surface area contributed by atoms with Gasteiger partial charge in [0, 0.05) is 36.3 Å². The Morgan fingerprint density at radius 1 is 1.16 bits per heavy atom. The maximum absolute atomic E-state index is 11.1. The molecule has 0 aliphatic heterocycles. The molecule has 0 amide bonds. The Balaban J connectivity index is 2.36. The zero-order valence-electron chi connectivity index (χ0n) is 9.91. The van der Waals surface area contributed by atoms with Crippen molar-refractivity contribution in [2.75, 3.05) is 0 Å². The van der Waals surface area contributed by atoms with Gasteiger partial charge in [-0.1, -0.05) is 30.3 Å². The van der Waals surface area contributed by atoms with Crippen LogP contribution in [0.4, 0.5) is 0 Å². The first-order valence-corrected chi connectivity index (χ1v) is 5.62. The van der Waals surface area contributed by atoms with Gasteiger partial charge in [-0.25, -0.2) is 0 Å². The van der Waals surface area contributed by atoms with E-state index in [-0.39, 0.29) is 24.2 Å². The van der Waals surface area contributed by atoms with Gasteiger partial charge in [0.2, 0.25) is 0 Å². The summed E-state index contributed by atoms with van der Waals surface area (Å²) >= 11 is 0. The highest BCUT2D eigenvalue weighted by Gasteiger charge is 2.11. The molecule has 0 saturated heterocycles. The van der Waals surface area contributed by atoms with Gasteiger partial charge in [-0.2, -0.15) is 5.10 Å². The largest absolute Gasteiger partial charge is 0.550 e. The normalized spacial score (nSPS) is 10.3. The SMILES string of the molecule is O=C([O-])CCn1cc(C(=O)[O-])c(-c2ccccc2)n1. The van der Waals surface area contributed by atoms with Gasteiger partial charge in [0.1, 0.15) is 5.69 Å². The minimum absolute atomic E-state index is 0.0510. The van der Waals surface area contributed by atoms with Gasteiger partial charge in [0.15, 0.2) is 0 Å². The third-order valence-corrected chi connectivity index (χ3v) is 2.57. The minimum Gasteiger partial charge on any atom is -0.550 e. The lowest BCUT2D eigenvalue weighted by Crippen LogP contribution is -2.24. The van der Waals surface area contributed by atoms with Crippen molar-refractivity contribution in [3.63, 3.8) is 0 Å². The third-order valence-electron chi connectivity index (χ3n) is 2.57. The van der Waals surface area contributed by atoms with E-state index in [0.29, 0.717) is 5.56 Å². The standard InChI is InChI=1S/C13H12N2O4/c16-11(17)6-7-15-8-10(13(18)19)12(14-15)9-4-2-1-3-5-9/h1-5,8H,6-7H2,(H,16,17)(H,18,19)/p-2. The monoisotopic (exact) mass is 258 g/mol. The molecular weight excluding hydrogens is 248 g/mol. The van der Waals surface area contributed by atoms with Crippen LogP contribution in [0.5, 0.6) is 0 Å².